The maximum absolute atomic E-state index is 12.2. The smallest absolute Gasteiger partial charge is 0.225 e. The first-order chi connectivity index (χ1) is 13.8. The van der Waals surface area contributed by atoms with Crippen molar-refractivity contribution in [3.8, 4) is 11.5 Å². The molecular formula is C22H19N3O2S. The molecule has 0 saturated heterocycles. The largest absolute Gasteiger partial charge is 0.457 e. The quantitative estimate of drug-likeness (QED) is 0.411. The van der Waals surface area contributed by atoms with Crippen LogP contribution >= 0.6 is 11.8 Å². The number of aromatic nitrogens is 2. The summed E-state index contributed by atoms with van der Waals surface area (Å²) in [6.07, 6.45) is 0.407. The Morgan fingerprint density at radius 1 is 0.929 bits per heavy atom. The van der Waals surface area contributed by atoms with E-state index in [0.29, 0.717) is 12.2 Å². The lowest BCUT2D eigenvalue weighted by atomic mass is 10.3. The lowest BCUT2D eigenvalue weighted by Gasteiger charge is -2.08. The Labute approximate surface area is 167 Å². The number of carbonyl (C=O) groups excluding carboxylic acids is 1. The van der Waals surface area contributed by atoms with E-state index in [1.807, 2.05) is 78.9 Å². The van der Waals surface area contributed by atoms with Crippen LogP contribution < -0.4 is 10.1 Å². The minimum Gasteiger partial charge on any atom is -0.457 e. The number of anilines is 1. The second-order valence-corrected chi connectivity index (χ2v) is 7.23. The van der Waals surface area contributed by atoms with E-state index >= 15 is 0 Å². The number of hydrogen-bond acceptors (Lipinski definition) is 4. The first-order valence-electron chi connectivity index (χ1n) is 8.97. The summed E-state index contributed by atoms with van der Waals surface area (Å²) in [6, 6.07) is 24.8. The number of amides is 1. The van der Waals surface area contributed by atoms with Crippen LogP contribution in [0.1, 0.15) is 6.42 Å². The van der Waals surface area contributed by atoms with Crippen LogP contribution in [0, 0.1) is 0 Å². The van der Waals surface area contributed by atoms with Gasteiger partial charge in [-0.15, -0.1) is 0 Å². The maximum Gasteiger partial charge on any atom is 0.225 e. The van der Waals surface area contributed by atoms with Crippen molar-refractivity contribution in [2.45, 2.75) is 11.6 Å². The Kier molecular flexibility index (Phi) is 5.58. The molecule has 0 bridgehead atoms. The Morgan fingerprint density at radius 2 is 1.64 bits per heavy atom. The van der Waals surface area contributed by atoms with Gasteiger partial charge < -0.3 is 15.0 Å². The molecule has 0 saturated carbocycles. The molecule has 0 aliphatic heterocycles. The van der Waals surface area contributed by atoms with Crippen molar-refractivity contribution in [1.29, 1.82) is 0 Å². The molecule has 1 aromatic heterocycles. The standard InChI is InChI=1S/C22H19N3O2S/c26-21(14-15-28-22-24-19-8-4-5-9-20(19)25-22)23-16-10-12-18(13-11-16)27-17-6-2-1-3-7-17/h1-13H,14-15H2,(H,23,26)(H,24,25). The van der Waals surface area contributed by atoms with Gasteiger partial charge in [-0.1, -0.05) is 42.1 Å². The molecule has 2 N–H and O–H groups in total. The molecule has 140 valence electrons. The van der Waals surface area contributed by atoms with E-state index in [0.717, 1.165) is 33.4 Å². The first-order valence-corrected chi connectivity index (χ1v) is 9.95. The van der Waals surface area contributed by atoms with Crippen LogP contribution in [0.2, 0.25) is 0 Å². The van der Waals surface area contributed by atoms with E-state index in [2.05, 4.69) is 15.3 Å². The number of benzene rings is 3. The van der Waals surface area contributed by atoms with Crippen molar-refractivity contribution in [3.63, 3.8) is 0 Å². The van der Waals surface area contributed by atoms with Crippen LogP contribution in [-0.4, -0.2) is 21.6 Å². The summed E-state index contributed by atoms with van der Waals surface area (Å²) in [5, 5.41) is 3.74. The van der Waals surface area contributed by atoms with Crippen LogP contribution in [0.5, 0.6) is 11.5 Å². The fourth-order valence-corrected chi connectivity index (χ4v) is 3.52. The predicted octanol–water partition coefficient (Wildman–Crippen LogP) is 5.48. The van der Waals surface area contributed by atoms with E-state index in [-0.39, 0.29) is 5.91 Å². The molecule has 6 heteroatoms. The number of rotatable bonds is 7. The molecule has 5 nitrogen and oxygen atoms in total. The number of aromatic amines is 1. The molecule has 0 fully saturated rings. The van der Waals surface area contributed by atoms with Crippen LogP contribution in [0.3, 0.4) is 0 Å². The molecular weight excluding hydrogens is 370 g/mol. The van der Waals surface area contributed by atoms with Crippen LogP contribution in [-0.2, 0) is 4.79 Å². The second-order valence-electron chi connectivity index (χ2n) is 6.15. The fraction of sp³-hybridized carbons (Fsp3) is 0.0909. The van der Waals surface area contributed by atoms with Crippen LogP contribution in [0.25, 0.3) is 11.0 Å². The summed E-state index contributed by atoms with van der Waals surface area (Å²) in [5.74, 6) is 2.13. The Morgan fingerprint density at radius 3 is 2.43 bits per heavy atom. The van der Waals surface area contributed by atoms with E-state index in [1.165, 1.54) is 0 Å². The molecule has 4 aromatic rings. The van der Waals surface area contributed by atoms with Crippen molar-refractivity contribution in [2.24, 2.45) is 0 Å². The Hall–Kier alpha value is -3.25. The number of para-hydroxylation sites is 3. The van der Waals surface area contributed by atoms with Gasteiger partial charge in [-0.2, -0.15) is 0 Å². The lowest BCUT2D eigenvalue weighted by Crippen LogP contribution is -2.12. The predicted molar refractivity (Wildman–Crippen MR) is 113 cm³/mol. The third kappa shape index (κ3) is 4.72. The topological polar surface area (TPSA) is 67.0 Å². The number of nitrogens with zero attached hydrogens (tertiary/aromatic N) is 1. The van der Waals surface area contributed by atoms with E-state index in [1.54, 1.807) is 11.8 Å². The highest BCUT2D eigenvalue weighted by Gasteiger charge is 2.06. The zero-order valence-electron chi connectivity index (χ0n) is 15.1. The molecule has 4 rings (SSSR count). The molecule has 28 heavy (non-hydrogen) atoms. The summed E-state index contributed by atoms with van der Waals surface area (Å²) < 4.78 is 5.75. The molecule has 0 radical (unpaired) electrons. The van der Waals surface area contributed by atoms with Crippen molar-refractivity contribution >= 4 is 34.4 Å². The van der Waals surface area contributed by atoms with Gasteiger partial charge in [0.2, 0.25) is 5.91 Å². The number of nitrogens with one attached hydrogen (secondary N) is 2. The number of imidazole rings is 1. The van der Waals surface area contributed by atoms with Gasteiger partial charge in [-0.3, -0.25) is 4.79 Å². The number of hydrogen-bond donors (Lipinski definition) is 2. The highest BCUT2D eigenvalue weighted by molar-refractivity contribution is 7.99. The van der Waals surface area contributed by atoms with Crippen molar-refractivity contribution < 1.29 is 9.53 Å². The molecule has 1 heterocycles. The van der Waals surface area contributed by atoms with Crippen molar-refractivity contribution in [2.75, 3.05) is 11.1 Å². The number of fused-ring (bicyclic) bond motifs is 1. The number of carbonyl (C=O) groups is 1. The monoisotopic (exact) mass is 389 g/mol. The van der Waals surface area contributed by atoms with Gasteiger partial charge in [-0.25, -0.2) is 4.98 Å². The van der Waals surface area contributed by atoms with Gasteiger partial charge in [-0.05, 0) is 48.5 Å². The van der Waals surface area contributed by atoms with Gasteiger partial charge in [0.05, 0.1) is 11.0 Å². The highest BCUT2D eigenvalue weighted by Crippen LogP contribution is 2.23. The van der Waals surface area contributed by atoms with Gasteiger partial charge >= 0.3 is 0 Å². The lowest BCUT2D eigenvalue weighted by molar-refractivity contribution is -0.115. The minimum absolute atomic E-state index is 0.0275. The van der Waals surface area contributed by atoms with E-state index in [4.69, 9.17) is 4.74 Å². The average molecular weight is 389 g/mol. The average Bonchev–Trinajstić information content (AvgIpc) is 3.13. The number of thioether (sulfide) groups is 1. The minimum atomic E-state index is -0.0275. The molecule has 0 atom stereocenters. The number of H-pyrrole nitrogens is 1. The zero-order chi connectivity index (χ0) is 19.2. The summed E-state index contributed by atoms with van der Waals surface area (Å²) in [5.41, 5.74) is 2.69. The summed E-state index contributed by atoms with van der Waals surface area (Å²) in [4.78, 5) is 19.9. The normalized spacial score (nSPS) is 10.7. The van der Waals surface area contributed by atoms with Gasteiger partial charge in [0.25, 0.3) is 0 Å². The Balaban J connectivity index is 1.25. The molecule has 1 amide bonds. The molecule has 0 aliphatic rings. The summed E-state index contributed by atoms with van der Waals surface area (Å²) in [6.45, 7) is 0. The molecule has 0 spiro atoms. The third-order valence-corrected chi connectivity index (χ3v) is 4.93. The third-order valence-electron chi connectivity index (χ3n) is 4.05. The summed E-state index contributed by atoms with van der Waals surface area (Å²) >= 11 is 1.54. The van der Waals surface area contributed by atoms with Crippen molar-refractivity contribution in [1.82, 2.24) is 9.97 Å². The summed E-state index contributed by atoms with van der Waals surface area (Å²) in [7, 11) is 0. The SMILES string of the molecule is O=C(CCSc1nc2ccccc2[nH]1)Nc1ccc(Oc2ccccc2)cc1. The molecule has 0 aliphatic carbocycles. The molecule has 3 aromatic carbocycles. The van der Waals surface area contributed by atoms with Gasteiger partial charge in [0, 0.05) is 17.9 Å². The van der Waals surface area contributed by atoms with Crippen LogP contribution in [0.15, 0.2) is 84.0 Å². The maximum atomic E-state index is 12.2. The van der Waals surface area contributed by atoms with Crippen LogP contribution in [0.4, 0.5) is 5.69 Å². The fourth-order valence-electron chi connectivity index (χ4n) is 2.69. The molecule has 0 unspecified atom stereocenters. The highest BCUT2D eigenvalue weighted by atomic mass is 32.2. The Bertz CT molecular complexity index is 1030. The second kappa shape index (κ2) is 8.63. The van der Waals surface area contributed by atoms with Crippen molar-refractivity contribution in [3.05, 3.63) is 78.9 Å². The van der Waals surface area contributed by atoms with Gasteiger partial charge in [0.15, 0.2) is 5.16 Å². The first kappa shape index (κ1) is 18.1. The number of ether oxygens (including phenoxy) is 1. The zero-order valence-corrected chi connectivity index (χ0v) is 15.9. The van der Waals surface area contributed by atoms with Gasteiger partial charge in [0.1, 0.15) is 11.5 Å². The van der Waals surface area contributed by atoms with E-state index in [9.17, 15) is 4.79 Å². The van der Waals surface area contributed by atoms with E-state index < -0.39 is 0 Å².